The number of carbonyl (C=O) groups excluding carboxylic acids is 3. The monoisotopic (exact) mass is 795 g/mol. The zero-order valence-electron chi connectivity index (χ0n) is 16.2. The molecule has 0 aliphatic carbocycles. The number of hydrogen-bond donors (Lipinski definition) is 6. The smallest absolute Gasteiger partial charge is 0.253 e. The molecule has 0 fully saturated rings. The Balaban J connectivity index is 3.59. The molecule has 1 rings (SSSR count). The lowest BCUT2D eigenvalue weighted by Crippen LogP contribution is -2.38. The van der Waals surface area contributed by atoms with E-state index in [9.17, 15) is 24.6 Å². The van der Waals surface area contributed by atoms with E-state index in [-0.39, 0.29) is 33.7 Å². The van der Waals surface area contributed by atoms with E-state index in [4.69, 9.17) is 21.8 Å². The van der Waals surface area contributed by atoms with Crippen LogP contribution in [0.15, 0.2) is 0 Å². The van der Waals surface area contributed by atoms with Gasteiger partial charge in [-0.1, -0.05) is 0 Å². The first-order valence-corrected chi connectivity index (χ1v) is 12.5. The Morgan fingerprint density at radius 3 is 1.61 bits per heavy atom. The maximum absolute atomic E-state index is 12.9. The second-order valence-electron chi connectivity index (χ2n) is 6.22. The van der Waals surface area contributed by atoms with Gasteiger partial charge >= 0.3 is 0 Å². The summed E-state index contributed by atoms with van der Waals surface area (Å²) < 4.78 is 1.06. The van der Waals surface area contributed by atoms with Crippen molar-refractivity contribution in [3.63, 3.8) is 0 Å². The van der Waals surface area contributed by atoms with Gasteiger partial charge in [0.25, 0.3) is 11.8 Å². The van der Waals surface area contributed by atoms with E-state index in [1.54, 1.807) is 0 Å². The second-order valence-corrected chi connectivity index (χ2v) is 9.72. The van der Waals surface area contributed by atoms with Crippen molar-refractivity contribution in [2.75, 3.05) is 44.1 Å². The number of nitrogens with zero attached hydrogens (tertiary/aromatic N) is 1. The summed E-state index contributed by atoms with van der Waals surface area (Å²) in [4.78, 5) is 39.2. The van der Waals surface area contributed by atoms with Crippen molar-refractivity contribution in [1.29, 1.82) is 0 Å². The van der Waals surface area contributed by atoms with Crippen molar-refractivity contribution in [1.82, 2.24) is 10.6 Å². The van der Waals surface area contributed by atoms with Crippen LogP contribution in [-0.2, 0) is 4.79 Å². The Hall–Kier alpha value is -0.0500. The van der Waals surface area contributed by atoms with Crippen molar-refractivity contribution in [2.24, 2.45) is 0 Å². The largest absolute Gasteiger partial charge is 0.394 e. The number of nitrogens with one attached hydrogen (secondary N) is 2. The van der Waals surface area contributed by atoms with Gasteiger partial charge in [-0.05, 0) is 67.8 Å². The van der Waals surface area contributed by atoms with Gasteiger partial charge in [-0.25, -0.2) is 0 Å². The number of hydrogen-bond acceptors (Lipinski definition) is 7. The zero-order valence-corrected chi connectivity index (χ0v) is 23.4. The summed E-state index contributed by atoms with van der Waals surface area (Å²) in [6.45, 7) is -1.52. The van der Waals surface area contributed by atoms with Crippen LogP contribution in [0.4, 0.5) is 5.69 Å². The maximum atomic E-state index is 12.9. The molecule has 0 aromatic heterocycles. The summed E-state index contributed by atoms with van der Waals surface area (Å²) >= 11 is 11.3. The van der Waals surface area contributed by atoms with E-state index in [0.29, 0.717) is 12.8 Å². The molecule has 31 heavy (non-hydrogen) atoms. The quantitative estimate of drug-likeness (QED) is 0.142. The Kier molecular flexibility index (Phi) is 12.7. The molecule has 0 aliphatic rings. The van der Waals surface area contributed by atoms with E-state index in [0.717, 1.165) is 0 Å². The molecule has 174 valence electrons. The van der Waals surface area contributed by atoms with Gasteiger partial charge in [-0.3, -0.25) is 14.4 Å². The average molecular weight is 796 g/mol. The third kappa shape index (κ3) is 7.47. The van der Waals surface area contributed by atoms with Crippen LogP contribution >= 0.6 is 79.4 Å². The van der Waals surface area contributed by atoms with Gasteiger partial charge in [-0.15, -0.1) is 11.6 Å². The summed E-state index contributed by atoms with van der Waals surface area (Å²) in [5.74, 6) is -2.00. The number of aliphatic hydroxyl groups is 4. The number of aliphatic hydroxyl groups excluding tert-OH is 4. The summed E-state index contributed by atoms with van der Waals surface area (Å²) in [6, 6.07) is 0. The Labute approximate surface area is 224 Å². The Bertz CT molecular complexity index is 791. The van der Waals surface area contributed by atoms with Crippen LogP contribution < -0.4 is 15.5 Å². The first-order chi connectivity index (χ1) is 14.5. The second kappa shape index (κ2) is 13.6. The lowest BCUT2D eigenvalue weighted by atomic mass is 10.1. The topological polar surface area (TPSA) is 159 Å². The minimum absolute atomic E-state index is 0.101. The SMILES string of the molecule is CN(C(=O)CCl)c1c(I)c(C(=O)NCC(O)CO)c(I)c(C(=O)NCC(O)CO)c1I. The lowest BCUT2D eigenvalue weighted by molar-refractivity contribution is -0.116. The standard InChI is InChI=1S/C17H21ClI3N3O7/c1-24(9(29)2-18)15-13(20)10(16(30)22-3-7(27)5-25)12(19)11(14(15)21)17(31)23-4-8(28)6-26/h7-8,25-28H,2-6H2,1H3,(H,22,30)(H,23,31). The van der Waals surface area contributed by atoms with Crippen LogP contribution in [0.2, 0.25) is 0 Å². The van der Waals surface area contributed by atoms with Crippen LogP contribution in [0.3, 0.4) is 0 Å². The van der Waals surface area contributed by atoms with Crippen LogP contribution in [0.25, 0.3) is 0 Å². The van der Waals surface area contributed by atoms with Crippen molar-refractivity contribution in [3.05, 3.63) is 21.8 Å². The van der Waals surface area contributed by atoms with Crippen LogP contribution in [0, 0.1) is 10.7 Å². The van der Waals surface area contributed by atoms with Gasteiger partial charge in [-0.2, -0.15) is 0 Å². The fraction of sp³-hybridized carbons (Fsp3) is 0.471. The predicted octanol–water partition coefficient (Wildman–Crippen LogP) is -0.132. The highest BCUT2D eigenvalue weighted by Crippen LogP contribution is 2.37. The highest BCUT2D eigenvalue weighted by atomic mass is 127. The zero-order chi connectivity index (χ0) is 23.9. The molecule has 1 aromatic rings. The number of alkyl halides is 1. The first kappa shape index (κ1) is 29.0. The molecule has 0 spiro atoms. The first-order valence-electron chi connectivity index (χ1n) is 8.68. The van der Waals surface area contributed by atoms with E-state index >= 15 is 0 Å². The lowest BCUT2D eigenvalue weighted by Gasteiger charge is -2.25. The van der Waals surface area contributed by atoms with E-state index < -0.39 is 43.1 Å². The predicted molar refractivity (Wildman–Crippen MR) is 140 cm³/mol. The minimum atomic E-state index is -1.16. The molecule has 0 aliphatic heterocycles. The normalized spacial score (nSPS) is 12.8. The molecule has 0 saturated heterocycles. The fourth-order valence-electron chi connectivity index (χ4n) is 2.29. The van der Waals surface area contributed by atoms with Crippen LogP contribution in [-0.4, -0.2) is 89.6 Å². The third-order valence-electron chi connectivity index (χ3n) is 3.99. The summed E-state index contributed by atoms with van der Waals surface area (Å²) in [6.07, 6.45) is -2.32. The van der Waals surface area contributed by atoms with Gasteiger partial charge < -0.3 is 36.0 Å². The Morgan fingerprint density at radius 2 is 1.29 bits per heavy atom. The molecule has 10 nitrogen and oxygen atoms in total. The molecule has 0 bridgehead atoms. The van der Waals surface area contributed by atoms with E-state index in [1.165, 1.54) is 11.9 Å². The molecular formula is C17H21ClI3N3O7. The van der Waals surface area contributed by atoms with Crippen molar-refractivity contribution in [2.45, 2.75) is 12.2 Å². The molecule has 0 radical (unpaired) electrons. The number of halogens is 4. The van der Waals surface area contributed by atoms with Gasteiger partial charge in [0.05, 0.1) is 49.4 Å². The molecule has 1 aromatic carbocycles. The van der Waals surface area contributed by atoms with Crippen molar-refractivity contribution >= 4 is 103 Å². The van der Waals surface area contributed by atoms with Crippen molar-refractivity contribution in [3.8, 4) is 0 Å². The summed E-state index contributed by atoms with van der Waals surface area (Å²) in [5, 5.41) is 41.9. The number of rotatable bonds is 10. The fourth-order valence-corrected chi connectivity index (χ4v) is 7.33. The highest BCUT2D eigenvalue weighted by molar-refractivity contribution is 14.1. The molecule has 14 heteroatoms. The molecule has 2 atom stereocenters. The van der Waals surface area contributed by atoms with Gasteiger partial charge in [0.15, 0.2) is 0 Å². The number of anilines is 1. The van der Waals surface area contributed by atoms with Gasteiger partial charge in [0.1, 0.15) is 5.88 Å². The van der Waals surface area contributed by atoms with E-state index in [2.05, 4.69) is 10.6 Å². The third-order valence-corrected chi connectivity index (χ3v) is 7.40. The number of amides is 3. The molecule has 0 saturated carbocycles. The van der Waals surface area contributed by atoms with Gasteiger partial charge in [0.2, 0.25) is 5.91 Å². The number of benzene rings is 1. The van der Waals surface area contributed by atoms with Crippen LogP contribution in [0.5, 0.6) is 0 Å². The average Bonchev–Trinajstić information content (AvgIpc) is 2.74. The van der Waals surface area contributed by atoms with E-state index in [1.807, 2.05) is 67.8 Å². The Morgan fingerprint density at radius 1 is 0.903 bits per heavy atom. The molecule has 2 unspecified atom stereocenters. The maximum Gasteiger partial charge on any atom is 0.253 e. The highest BCUT2D eigenvalue weighted by Gasteiger charge is 2.30. The summed E-state index contributed by atoms with van der Waals surface area (Å²) in [7, 11) is 1.46. The molecule has 3 amide bonds. The molecule has 6 N–H and O–H groups in total. The van der Waals surface area contributed by atoms with Crippen molar-refractivity contribution < 1.29 is 34.8 Å². The molecule has 0 heterocycles. The molecular weight excluding hydrogens is 774 g/mol. The van der Waals surface area contributed by atoms with Gasteiger partial charge in [0, 0.05) is 23.7 Å². The summed E-state index contributed by atoms with van der Waals surface area (Å²) in [5.41, 5.74) is 0.501. The number of carbonyl (C=O) groups is 3. The minimum Gasteiger partial charge on any atom is -0.394 e. The van der Waals surface area contributed by atoms with Crippen LogP contribution in [0.1, 0.15) is 20.7 Å².